The Morgan fingerprint density at radius 3 is 3.12 bits per heavy atom. The van der Waals surface area contributed by atoms with Crippen molar-refractivity contribution >= 4 is 17.5 Å². The van der Waals surface area contributed by atoms with Crippen LogP contribution in [0.5, 0.6) is 0 Å². The molecular formula is C13H18ClNO2. The number of rotatable bonds is 4. The number of hydrogen-bond donors (Lipinski definition) is 0. The highest BCUT2D eigenvalue weighted by atomic mass is 35.5. The third-order valence-corrected chi connectivity index (χ3v) is 3.67. The van der Waals surface area contributed by atoms with Gasteiger partial charge in [0, 0.05) is 18.5 Å². The monoisotopic (exact) mass is 255 g/mol. The van der Waals surface area contributed by atoms with Gasteiger partial charge < -0.3 is 9.32 Å². The Morgan fingerprint density at radius 1 is 1.65 bits per heavy atom. The summed E-state index contributed by atoms with van der Waals surface area (Å²) >= 11 is 5.71. The highest BCUT2D eigenvalue weighted by molar-refractivity contribution is 6.17. The minimum atomic E-state index is 0.105. The van der Waals surface area contributed by atoms with Gasteiger partial charge in [-0.1, -0.05) is 0 Å². The van der Waals surface area contributed by atoms with E-state index in [0.717, 1.165) is 32.2 Å². The number of furan rings is 1. The van der Waals surface area contributed by atoms with Gasteiger partial charge in [-0.3, -0.25) is 4.79 Å². The van der Waals surface area contributed by atoms with Crippen LogP contribution in [0.25, 0.3) is 0 Å². The number of carbonyl (C=O) groups is 1. The summed E-state index contributed by atoms with van der Waals surface area (Å²) in [5, 5.41) is 0. The first-order chi connectivity index (χ1) is 8.24. The minimum Gasteiger partial charge on any atom is -0.469 e. The van der Waals surface area contributed by atoms with Crippen LogP contribution in [-0.2, 0) is 0 Å². The highest BCUT2D eigenvalue weighted by Crippen LogP contribution is 2.24. The molecule has 0 N–H and O–H groups in total. The van der Waals surface area contributed by atoms with Gasteiger partial charge in [0.05, 0.1) is 11.8 Å². The normalized spacial score (nSPS) is 19.9. The van der Waals surface area contributed by atoms with Gasteiger partial charge in [0.25, 0.3) is 5.91 Å². The number of hydrogen-bond acceptors (Lipinski definition) is 2. The Morgan fingerprint density at radius 2 is 2.47 bits per heavy atom. The predicted molar refractivity (Wildman–Crippen MR) is 67.5 cm³/mol. The first kappa shape index (κ1) is 12.5. The van der Waals surface area contributed by atoms with Crippen molar-refractivity contribution in [2.45, 2.75) is 38.6 Å². The molecule has 0 bridgehead atoms. The molecule has 0 aromatic carbocycles. The molecule has 1 aliphatic heterocycles. The van der Waals surface area contributed by atoms with Crippen molar-refractivity contribution in [1.82, 2.24) is 4.90 Å². The third-order valence-electron chi connectivity index (χ3n) is 3.40. The van der Waals surface area contributed by atoms with Gasteiger partial charge in [0.2, 0.25) is 0 Å². The quantitative estimate of drug-likeness (QED) is 0.774. The number of alkyl halides is 1. The summed E-state index contributed by atoms with van der Waals surface area (Å²) in [5.74, 6) is 1.48. The summed E-state index contributed by atoms with van der Waals surface area (Å²) in [4.78, 5) is 14.3. The van der Waals surface area contributed by atoms with Crippen LogP contribution in [0.2, 0.25) is 0 Å². The third kappa shape index (κ3) is 2.65. The van der Waals surface area contributed by atoms with E-state index in [1.165, 1.54) is 0 Å². The van der Waals surface area contributed by atoms with Gasteiger partial charge in [-0.25, -0.2) is 0 Å². The molecule has 1 aromatic heterocycles. The van der Waals surface area contributed by atoms with Crippen molar-refractivity contribution in [2.24, 2.45) is 0 Å². The van der Waals surface area contributed by atoms with Crippen LogP contribution in [0.1, 0.15) is 41.8 Å². The molecule has 0 saturated carbocycles. The van der Waals surface area contributed by atoms with Gasteiger partial charge >= 0.3 is 0 Å². The topological polar surface area (TPSA) is 33.5 Å². The fraction of sp³-hybridized carbons (Fsp3) is 0.615. The minimum absolute atomic E-state index is 0.105. The molecule has 0 spiro atoms. The second kappa shape index (κ2) is 5.58. The fourth-order valence-electron chi connectivity index (χ4n) is 2.48. The van der Waals surface area contributed by atoms with E-state index in [0.29, 0.717) is 23.2 Å². The molecule has 1 fully saturated rings. The number of likely N-dealkylation sites (tertiary alicyclic amines) is 1. The summed E-state index contributed by atoms with van der Waals surface area (Å²) < 4.78 is 5.19. The molecule has 1 atom stereocenters. The lowest BCUT2D eigenvalue weighted by molar-refractivity contribution is 0.0728. The van der Waals surface area contributed by atoms with Gasteiger partial charge in [0.1, 0.15) is 5.76 Å². The van der Waals surface area contributed by atoms with Gasteiger partial charge in [-0.15, -0.1) is 11.6 Å². The SMILES string of the molecule is Cc1occc1C(=O)N1CCCC1CCCCl. The lowest BCUT2D eigenvalue weighted by Gasteiger charge is -2.24. The Kier molecular flexibility index (Phi) is 4.11. The van der Waals surface area contributed by atoms with Crippen LogP contribution < -0.4 is 0 Å². The molecule has 1 amide bonds. The second-order valence-electron chi connectivity index (χ2n) is 4.52. The average molecular weight is 256 g/mol. The van der Waals surface area contributed by atoms with E-state index in [-0.39, 0.29) is 5.91 Å². The molecule has 3 nitrogen and oxygen atoms in total. The van der Waals surface area contributed by atoms with E-state index in [1.807, 2.05) is 11.8 Å². The van der Waals surface area contributed by atoms with E-state index >= 15 is 0 Å². The molecule has 1 unspecified atom stereocenters. The summed E-state index contributed by atoms with van der Waals surface area (Å²) in [6, 6.07) is 2.12. The van der Waals surface area contributed by atoms with Crippen LogP contribution in [0.4, 0.5) is 0 Å². The van der Waals surface area contributed by atoms with Crippen molar-refractivity contribution in [3.63, 3.8) is 0 Å². The van der Waals surface area contributed by atoms with Gasteiger partial charge in [-0.2, -0.15) is 0 Å². The lowest BCUT2D eigenvalue weighted by atomic mass is 10.1. The molecule has 4 heteroatoms. The van der Waals surface area contributed by atoms with Crippen molar-refractivity contribution in [3.05, 3.63) is 23.7 Å². The molecule has 2 heterocycles. The maximum atomic E-state index is 12.3. The predicted octanol–water partition coefficient (Wildman–Crippen LogP) is 3.21. The Balaban J connectivity index is 2.06. The molecule has 0 aliphatic carbocycles. The maximum absolute atomic E-state index is 12.3. The van der Waals surface area contributed by atoms with Crippen LogP contribution >= 0.6 is 11.6 Å². The summed E-state index contributed by atoms with van der Waals surface area (Å²) in [6.45, 7) is 2.69. The zero-order chi connectivity index (χ0) is 12.3. The summed E-state index contributed by atoms with van der Waals surface area (Å²) in [5.41, 5.74) is 0.697. The molecular weight excluding hydrogens is 238 g/mol. The Bertz CT molecular complexity index is 389. The summed E-state index contributed by atoms with van der Waals surface area (Å²) in [7, 11) is 0. The largest absolute Gasteiger partial charge is 0.469 e. The van der Waals surface area contributed by atoms with E-state index in [9.17, 15) is 4.79 Å². The zero-order valence-corrected chi connectivity index (χ0v) is 10.9. The molecule has 1 aliphatic rings. The number of halogens is 1. The number of carbonyl (C=O) groups excluding carboxylic acids is 1. The van der Waals surface area contributed by atoms with E-state index in [4.69, 9.17) is 16.0 Å². The number of amides is 1. The second-order valence-corrected chi connectivity index (χ2v) is 4.89. The van der Waals surface area contributed by atoms with Crippen LogP contribution in [0, 0.1) is 6.92 Å². The van der Waals surface area contributed by atoms with Crippen LogP contribution in [-0.4, -0.2) is 29.3 Å². The lowest BCUT2D eigenvalue weighted by Crippen LogP contribution is -2.35. The molecule has 17 heavy (non-hydrogen) atoms. The van der Waals surface area contributed by atoms with Crippen molar-refractivity contribution in [3.8, 4) is 0 Å². The molecule has 94 valence electrons. The zero-order valence-electron chi connectivity index (χ0n) is 10.1. The molecule has 2 rings (SSSR count). The molecule has 0 radical (unpaired) electrons. The number of nitrogens with zero attached hydrogens (tertiary/aromatic N) is 1. The van der Waals surface area contributed by atoms with Crippen molar-refractivity contribution < 1.29 is 9.21 Å². The average Bonchev–Trinajstić information content (AvgIpc) is 2.94. The Labute approximate surface area is 107 Å². The van der Waals surface area contributed by atoms with E-state index < -0.39 is 0 Å². The van der Waals surface area contributed by atoms with Crippen molar-refractivity contribution in [1.29, 1.82) is 0 Å². The van der Waals surface area contributed by atoms with Crippen LogP contribution in [0.3, 0.4) is 0 Å². The van der Waals surface area contributed by atoms with Gasteiger partial charge in [-0.05, 0) is 38.7 Å². The molecule has 1 aromatic rings. The fourth-order valence-corrected chi connectivity index (χ4v) is 2.63. The van der Waals surface area contributed by atoms with E-state index in [1.54, 1.807) is 12.3 Å². The highest BCUT2D eigenvalue weighted by Gasteiger charge is 2.30. The molecule has 1 saturated heterocycles. The van der Waals surface area contributed by atoms with Crippen molar-refractivity contribution in [2.75, 3.05) is 12.4 Å². The smallest absolute Gasteiger partial charge is 0.257 e. The first-order valence-electron chi connectivity index (χ1n) is 6.15. The summed E-state index contributed by atoms with van der Waals surface area (Å²) in [6.07, 6.45) is 5.74. The van der Waals surface area contributed by atoms with Crippen LogP contribution in [0.15, 0.2) is 16.7 Å². The number of aryl methyl sites for hydroxylation is 1. The van der Waals surface area contributed by atoms with Gasteiger partial charge in [0.15, 0.2) is 0 Å². The first-order valence-corrected chi connectivity index (χ1v) is 6.68. The standard InChI is InChI=1S/C13H18ClNO2/c1-10-12(6-9-17-10)13(16)15-8-3-5-11(15)4-2-7-14/h6,9,11H,2-5,7-8H2,1H3. The van der Waals surface area contributed by atoms with E-state index in [2.05, 4.69) is 0 Å². The maximum Gasteiger partial charge on any atom is 0.257 e. The Hall–Kier alpha value is -0.960.